The van der Waals surface area contributed by atoms with E-state index in [9.17, 15) is 9.59 Å². The second-order valence-electron chi connectivity index (χ2n) is 5.46. The third-order valence-corrected chi connectivity index (χ3v) is 3.39. The SMILES string of the molecule is C[C@H]1CN(c2ccnc(C(=O)NCCC(=O)O)c2)C[C@H](C)O1. The molecular formula is C15H21N3O4. The number of carbonyl (C=O) groups is 2. The number of carbonyl (C=O) groups excluding carboxylic acids is 1. The van der Waals surface area contributed by atoms with Crippen LogP contribution in [0.5, 0.6) is 0 Å². The molecule has 2 heterocycles. The molecule has 7 heteroatoms. The van der Waals surface area contributed by atoms with Crippen molar-refractivity contribution in [2.75, 3.05) is 24.5 Å². The smallest absolute Gasteiger partial charge is 0.305 e. The van der Waals surface area contributed by atoms with E-state index in [4.69, 9.17) is 9.84 Å². The number of aliphatic carboxylic acids is 1. The second kappa shape index (κ2) is 7.22. The molecule has 1 amide bonds. The van der Waals surface area contributed by atoms with Gasteiger partial charge in [0.05, 0.1) is 18.6 Å². The van der Waals surface area contributed by atoms with Crippen LogP contribution in [-0.4, -0.2) is 53.8 Å². The van der Waals surface area contributed by atoms with Gasteiger partial charge in [-0.05, 0) is 26.0 Å². The number of amides is 1. The van der Waals surface area contributed by atoms with E-state index in [2.05, 4.69) is 15.2 Å². The number of rotatable bonds is 5. The number of ether oxygens (including phenoxy) is 1. The molecule has 1 fully saturated rings. The van der Waals surface area contributed by atoms with E-state index in [-0.39, 0.29) is 36.8 Å². The van der Waals surface area contributed by atoms with Gasteiger partial charge >= 0.3 is 5.97 Å². The number of nitrogens with one attached hydrogen (secondary N) is 1. The molecule has 7 nitrogen and oxygen atoms in total. The summed E-state index contributed by atoms with van der Waals surface area (Å²) in [6.07, 6.45) is 1.74. The van der Waals surface area contributed by atoms with Crippen molar-refractivity contribution in [2.24, 2.45) is 0 Å². The zero-order valence-corrected chi connectivity index (χ0v) is 12.8. The van der Waals surface area contributed by atoms with Crippen LogP contribution in [0, 0.1) is 0 Å². The molecule has 0 radical (unpaired) electrons. The number of hydrogen-bond donors (Lipinski definition) is 2. The summed E-state index contributed by atoms with van der Waals surface area (Å²) in [4.78, 5) is 28.6. The summed E-state index contributed by atoms with van der Waals surface area (Å²) in [7, 11) is 0. The van der Waals surface area contributed by atoms with Crippen molar-refractivity contribution >= 4 is 17.6 Å². The number of hydrogen-bond acceptors (Lipinski definition) is 5. The minimum atomic E-state index is -0.946. The lowest BCUT2D eigenvalue weighted by atomic mass is 10.2. The van der Waals surface area contributed by atoms with Gasteiger partial charge in [-0.15, -0.1) is 0 Å². The lowest BCUT2D eigenvalue weighted by Gasteiger charge is -2.36. The lowest BCUT2D eigenvalue weighted by Crippen LogP contribution is -2.45. The Kier molecular flexibility index (Phi) is 5.32. The van der Waals surface area contributed by atoms with Gasteiger partial charge in [0.15, 0.2) is 0 Å². The van der Waals surface area contributed by atoms with Crippen molar-refractivity contribution in [3.8, 4) is 0 Å². The van der Waals surface area contributed by atoms with Crippen molar-refractivity contribution in [2.45, 2.75) is 32.5 Å². The Morgan fingerprint density at radius 3 is 2.73 bits per heavy atom. The number of carboxylic acid groups (broad SMARTS) is 1. The van der Waals surface area contributed by atoms with E-state index in [1.165, 1.54) is 0 Å². The standard InChI is InChI=1S/C15H21N3O4/c1-10-8-18(9-11(2)22-10)12-3-5-16-13(7-12)15(21)17-6-4-14(19)20/h3,5,7,10-11H,4,6,8-9H2,1-2H3,(H,17,21)(H,19,20)/t10-,11-/m0/s1. The van der Waals surface area contributed by atoms with Crippen LogP contribution in [0.3, 0.4) is 0 Å². The highest BCUT2D eigenvalue weighted by molar-refractivity contribution is 5.93. The highest BCUT2D eigenvalue weighted by atomic mass is 16.5. The topological polar surface area (TPSA) is 91.8 Å². The van der Waals surface area contributed by atoms with Crippen molar-refractivity contribution in [3.63, 3.8) is 0 Å². The number of anilines is 1. The lowest BCUT2D eigenvalue weighted by molar-refractivity contribution is -0.136. The molecule has 0 aromatic carbocycles. The second-order valence-corrected chi connectivity index (χ2v) is 5.46. The maximum atomic E-state index is 12.0. The van der Waals surface area contributed by atoms with E-state index >= 15 is 0 Å². The first-order valence-electron chi connectivity index (χ1n) is 7.32. The molecule has 0 bridgehead atoms. The van der Waals surface area contributed by atoms with E-state index in [1.54, 1.807) is 12.3 Å². The molecule has 1 aromatic rings. The maximum Gasteiger partial charge on any atom is 0.305 e. The van der Waals surface area contributed by atoms with Crippen molar-refractivity contribution in [3.05, 3.63) is 24.0 Å². The van der Waals surface area contributed by atoms with Crippen LogP contribution in [0.2, 0.25) is 0 Å². The Morgan fingerprint density at radius 1 is 1.41 bits per heavy atom. The highest BCUT2D eigenvalue weighted by Gasteiger charge is 2.23. The number of morpholine rings is 1. The van der Waals surface area contributed by atoms with Gasteiger partial charge in [0.1, 0.15) is 5.69 Å². The molecule has 0 aliphatic carbocycles. The quantitative estimate of drug-likeness (QED) is 0.840. The molecular weight excluding hydrogens is 286 g/mol. The van der Waals surface area contributed by atoms with E-state index in [0.29, 0.717) is 0 Å². The first kappa shape index (κ1) is 16.2. The summed E-state index contributed by atoms with van der Waals surface area (Å²) >= 11 is 0. The average Bonchev–Trinajstić information content (AvgIpc) is 2.46. The third-order valence-electron chi connectivity index (χ3n) is 3.39. The van der Waals surface area contributed by atoms with Crippen molar-refractivity contribution in [1.82, 2.24) is 10.3 Å². The van der Waals surface area contributed by atoms with Gasteiger partial charge in [-0.25, -0.2) is 0 Å². The summed E-state index contributed by atoms with van der Waals surface area (Å²) in [6.45, 7) is 5.64. The molecule has 0 saturated carbocycles. The van der Waals surface area contributed by atoms with E-state index in [1.807, 2.05) is 19.9 Å². The fourth-order valence-electron chi connectivity index (χ4n) is 2.50. The van der Waals surface area contributed by atoms with Gasteiger partial charge in [-0.1, -0.05) is 0 Å². The van der Waals surface area contributed by atoms with E-state index < -0.39 is 5.97 Å². The molecule has 2 N–H and O–H groups in total. The summed E-state index contributed by atoms with van der Waals surface area (Å²) < 4.78 is 5.70. The minimum Gasteiger partial charge on any atom is -0.481 e. The molecule has 1 saturated heterocycles. The predicted molar refractivity (Wildman–Crippen MR) is 81.0 cm³/mol. The average molecular weight is 307 g/mol. The molecule has 22 heavy (non-hydrogen) atoms. The maximum absolute atomic E-state index is 12.0. The van der Waals surface area contributed by atoms with Gasteiger partial charge in [0, 0.05) is 31.5 Å². The van der Waals surface area contributed by atoms with Crippen molar-refractivity contribution in [1.29, 1.82) is 0 Å². The molecule has 0 spiro atoms. The number of carboxylic acids is 1. The van der Waals surface area contributed by atoms with Gasteiger partial charge in [0.25, 0.3) is 5.91 Å². The number of pyridine rings is 1. The number of aromatic nitrogens is 1. The molecule has 2 rings (SSSR count). The Labute approximate surface area is 129 Å². The number of nitrogens with zero attached hydrogens (tertiary/aromatic N) is 2. The summed E-state index contributed by atoms with van der Waals surface area (Å²) in [5.74, 6) is -1.31. The fourth-order valence-corrected chi connectivity index (χ4v) is 2.50. The van der Waals surface area contributed by atoms with Crippen LogP contribution in [0.15, 0.2) is 18.3 Å². The molecule has 0 unspecified atom stereocenters. The van der Waals surface area contributed by atoms with Crippen LogP contribution in [0.4, 0.5) is 5.69 Å². The van der Waals surface area contributed by atoms with Crippen LogP contribution in [0.25, 0.3) is 0 Å². The largest absolute Gasteiger partial charge is 0.481 e. The normalized spacial score (nSPS) is 21.5. The van der Waals surface area contributed by atoms with Gasteiger partial charge in [-0.3, -0.25) is 14.6 Å². The third kappa shape index (κ3) is 4.42. The predicted octanol–water partition coefficient (Wildman–Crippen LogP) is 0.900. The Morgan fingerprint density at radius 2 is 2.09 bits per heavy atom. The zero-order chi connectivity index (χ0) is 16.1. The molecule has 2 atom stereocenters. The van der Waals surface area contributed by atoms with Crippen LogP contribution in [-0.2, 0) is 9.53 Å². The highest BCUT2D eigenvalue weighted by Crippen LogP contribution is 2.20. The fraction of sp³-hybridized carbons (Fsp3) is 0.533. The Balaban J connectivity index is 2.03. The summed E-state index contributed by atoms with van der Waals surface area (Å²) in [6, 6.07) is 3.58. The summed E-state index contributed by atoms with van der Waals surface area (Å²) in [5, 5.41) is 11.1. The van der Waals surface area contributed by atoms with Crippen LogP contribution >= 0.6 is 0 Å². The van der Waals surface area contributed by atoms with Crippen molar-refractivity contribution < 1.29 is 19.4 Å². The molecule has 1 aliphatic heterocycles. The van der Waals surface area contributed by atoms with Crippen LogP contribution < -0.4 is 10.2 Å². The Bertz CT molecular complexity index is 539. The summed E-state index contributed by atoms with van der Waals surface area (Å²) in [5.41, 5.74) is 1.20. The molecule has 1 aromatic heterocycles. The first-order chi connectivity index (χ1) is 10.5. The molecule has 120 valence electrons. The minimum absolute atomic E-state index is 0.0890. The Hall–Kier alpha value is -2.15. The van der Waals surface area contributed by atoms with Gasteiger partial charge < -0.3 is 20.1 Å². The van der Waals surface area contributed by atoms with Crippen LogP contribution in [0.1, 0.15) is 30.8 Å². The van der Waals surface area contributed by atoms with E-state index in [0.717, 1.165) is 18.8 Å². The zero-order valence-electron chi connectivity index (χ0n) is 12.8. The monoisotopic (exact) mass is 307 g/mol. The van der Waals surface area contributed by atoms with Gasteiger partial charge in [0.2, 0.25) is 0 Å². The first-order valence-corrected chi connectivity index (χ1v) is 7.32. The van der Waals surface area contributed by atoms with Gasteiger partial charge in [-0.2, -0.15) is 0 Å². The molecule has 1 aliphatic rings.